The molecular weight excluding hydrogens is 434 g/mol. The van der Waals surface area contributed by atoms with Gasteiger partial charge in [0.15, 0.2) is 11.7 Å². The van der Waals surface area contributed by atoms with Gasteiger partial charge in [0.2, 0.25) is 5.91 Å². The first-order valence-electron chi connectivity index (χ1n) is 10.7. The Bertz CT molecular complexity index is 1150. The molecule has 3 aromatic rings. The van der Waals surface area contributed by atoms with Crippen molar-refractivity contribution < 1.29 is 14.3 Å². The van der Waals surface area contributed by atoms with Gasteiger partial charge in [-0.2, -0.15) is 0 Å². The van der Waals surface area contributed by atoms with Gasteiger partial charge in [-0.05, 0) is 64.7 Å². The molecule has 0 aliphatic carbocycles. The zero-order valence-electron chi connectivity index (χ0n) is 18.6. The minimum atomic E-state index is -0.427. The van der Waals surface area contributed by atoms with E-state index in [-0.39, 0.29) is 11.7 Å². The van der Waals surface area contributed by atoms with E-state index in [1.807, 2.05) is 66.7 Å². The molecule has 0 spiro atoms. The predicted octanol–water partition coefficient (Wildman–Crippen LogP) is 4.47. The van der Waals surface area contributed by atoms with Gasteiger partial charge in [0, 0.05) is 6.08 Å². The van der Waals surface area contributed by atoms with E-state index in [1.54, 1.807) is 6.08 Å². The zero-order chi connectivity index (χ0) is 23.6. The SMILES string of the molecule is CCC(C)c1ccc(OCC(=O)NNC(=S)NC(=O)C=Cc2cccc3ccccc23)cc1. The van der Waals surface area contributed by atoms with Crippen LogP contribution in [0.15, 0.2) is 72.8 Å². The van der Waals surface area contributed by atoms with Crippen LogP contribution >= 0.6 is 12.2 Å². The molecule has 0 aromatic heterocycles. The zero-order valence-corrected chi connectivity index (χ0v) is 19.4. The van der Waals surface area contributed by atoms with Crippen LogP contribution in [0, 0.1) is 0 Å². The first kappa shape index (κ1) is 23.9. The molecule has 3 rings (SSSR count). The number of rotatable bonds is 7. The number of amides is 2. The maximum atomic E-state index is 12.2. The van der Waals surface area contributed by atoms with Crippen LogP contribution < -0.4 is 20.9 Å². The van der Waals surface area contributed by atoms with Gasteiger partial charge in [0.05, 0.1) is 0 Å². The smallest absolute Gasteiger partial charge is 0.276 e. The highest BCUT2D eigenvalue weighted by Gasteiger charge is 2.07. The Morgan fingerprint density at radius 3 is 2.48 bits per heavy atom. The van der Waals surface area contributed by atoms with Gasteiger partial charge in [0.25, 0.3) is 5.91 Å². The van der Waals surface area contributed by atoms with Gasteiger partial charge in [-0.1, -0.05) is 68.4 Å². The second kappa shape index (κ2) is 11.8. The topological polar surface area (TPSA) is 79.5 Å². The fraction of sp³-hybridized carbons (Fsp3) is 0.192. The highest BCUT2D eigenvalue weighted by Crippen LogP contribution is 2.21. The average Bonchev–Trinajstić information content (AvgIpc) is 2.84. The summed E-state index contributed by atoms with van der Waals surface area (Å²) >= 11 is 5.05. The van der Waals surface area contributed by atoms with E-state index >= 15 is 0 Å². The Morgan fingerprint density at radius 1 is 1.00 bits per heavy atom. The summed E-state index contributed by atoms with van der Waals surface area (Å²) in [5.74, 6) is 0.243. The van der Waals surface area contributed by atoms with Crippen molar-refractivity contribution in [3.63, 3.8) is 0 Å². The first-order chi connectivity index (χ1) is 16.0. The molecule has 170 valence electrons. The third-order valence-corrected chi connectivity index (χ3v) is 5.43. The van der Waals surface area contributed by atoms with Gasteiger partial charge >= 0.3 is 0 Å². The van der Waals surface area contributed by atoms with Crippen LogP contribution in [0.25, 0.3) is 16.8 Å². The lowest BCUT2D eigenvalue weighted by molar-refractivity contribution is -0.123. The molecule has 0 radical (unpaired) electrons. The third-order valence-electron chi connectivity index (χ3n) is 5.22. The van der Waals surface area contributed by atoms with Crippen molar-refractivity contribution in [2.24, 2.45) is 0 Å². The summed E-state index contributed by atoms with van der Waals surface area (Å²) in [6.45, 7) is 4.12. The fourth-order valence-electron chi connectivity index (χ4n) is 3.19. The van der Waals surface area contributed by atoms with Crippen LogP contribution in [0.1, 0.15) is 37.3 Å². The van der Waals surface area contributed by atoms with Crippen molar-refractivity contribution >= 4 is 46.0 Å². The highest BCUT2D eigenvalue weighted by atomic mass is 32.1. The molecule has 0 aliphatic heterocycles. The summed E-state index contributed by atoms with van der Waals surface area (Å²) in [6, 6.07) is 21.5. The summed E-state index contributed by atoms with van der Waals surface area (Å²) < 4.78 is 5.48. The molecule has 3 N–H and O–H groups in total. The summed E-state index contributed by atoms with van der Waals surface area (Å²) in [7, 11) is 0. The molecule has 3 aromatic carbocycles. The maximum Gasteiger partial charge on any atom is 0.276 e. The summed E-state index contributed by atoms with van der Waals surface area (Å²) in [6.07, 6.45) is 4.17. The minimum Gasteiger partial charge on any atom is -0.484 e. The van der Waals surface area contributed by atoms with E-state index in [0.29, 0.717) is 11.7 Å². The molecule has 1 atom stereocenters. The highest BCUT2D eigenvalue weighted by molar-refractivity contribution is 7.80. The van der Waals surface area contributed by atoms with Crippen molar-refractivity contribution in [1.29, 1.82) is 0 Å². The van der Waals surface area contributed by atoms with Crippen molar-refractivity contribution in [2.75, 3.05) is 6.61 Å². The quantitative estimate of drug-likeness (QED) is 0.275. The molecule has 0 aliphatic rings. The van der Waals surface area contributed by atoms with E-state index in [1.165, 1.54) is 11.6 Å². The molecule has 33 heavy (non-hydrogen) atoms. The molecule has 2 amide bonds. The van der Waals surface area contributed by atoms with E-state index in [0.717, 1.165) is 22.8 Å². The minimum absolute atomic E-state index is 0.0196. The number of carbonyl (C=O) groups excluding carboxylic acids is 2. The molecule has 7 heteroatoms. The second-order valence-electron chi connectivity index (χ2n) is 7.56. The van der Waals surface area contributed by atoms with E-state index in [4.69, 9.17) is 17.0 Å². The summed E-state index contributed by atoms with van der Waals surface area (Å²) in [4.78, 5) is 24.1. The Balaban J connectivity index is 1.41. The maximum absolute atomic E-state index is 12.2. The number of thiocarbonyl (C=S) groups is 1. The second-order valence-corrected chi connectivity index (χ2v) is 7.97. The molecule has 0 saturated heterocycles. The van der Waals surface area contributed by atoms with Crippen LogP contribution in [0.3, 0.4) is 0 Å². The van der Waals surface area contributed by atoms with E-state index < -0.39 is 11.8 Å². The number of ether oxygens (including phenoxy) is 1. The molecule has 0 bridgehead atoms. The van der Waals surface area contributed by atoms with Crippen LogP contribution in [0.2, 0.25) is 0 Å². The van der Waals surface area contributed by atoms with Gasteiger partial charge < -0.3 is 4.74 Å². The molecule has 6 nitrogen and oxygen atoms in total. The number of hydrogen-bond donors (Lipinski definition) is 3. The molecular formula is C26H27N3O3S. The largest absolute Gasteiger partial charge is 0.484 e. The van der Waals surface area contributed by atoms with Crippen LogP contribution in [-0.4, -0.2) is 23.5 Å². The Morgan fingerprint density at radius 2 is 1.73 bits per heavy atom. The van der Waals surface area contributed by atoms with Crippen molar-refractivity contribution in [3.05, 3.63) is 83.9 Å². The van der Waals surface area contributed by atoms with Crippen LogP contribution in [0.5, 0.6) is 5.75 Å². The summed E-state index contributed by atoms with van der Waals surface area (Å²) in [5, 5.41) is 4.61. The predicted molar refractivity (Wildman–Crippen MR) is 136 cm³/mol. The Kier molecular flexibility index (Phi) is 8.55. The van der Waals surface area contributed by atoms with Crippen molar-refractivity contribution in [1.82, 2.24) is 16.2 Å². The van der Waals surface area contributed by atoms with E-state index in [9.17, 15) is 9.59 Å². The number of fused-ring (bicyclic) bond motifs is 1. The van der Waals surface area contributed by atoms with Crippen LogP contribution in [-0.2, 0) is 9.59 Å². The Hall–Kier alpha value is -3.71. The fourth-order valence-corrected chi connectivity index (χ4v) is 3.34. The molecule has 0 heterocycles. The van der Waals surface area contributed by atoms with E-state index in [2.05, 4.69) is 30.0 Å². The Labute approximate surface area is 199 Å². The normalized spacial score (nSPS) is 11.7. The monoisotopic (exact) mass is 461 g/mol. The van der Waals surface area contributed by atoms with Crippen molar-refractivity contribution in [2.45, 2.75) is 26.2 Å². The van der Waals surface area contributed by atoms with Gasteiger partial charge in [0.1, 0.15) is 5.75 Å². The molecule has 0 saturated carbocycles. The first-order valence-corrected chi connectivity index (χ1v) is 11.2. The lowest BCUT2D eigenvalue weighted by atomic mass is 9.99. The average molecular weight is 462 g/mol. The number of hydrogen-bond acceptors (Lipinski definition) is 4. The lowest BCUT2D eigenvalue weighted by Crippen LogP contribution is -2.49. The van der Waals surface area contributed by atoms with Crippen molar-refractivity contribution in [3.8, 4) is 5.75 Å². The molecule has 0 fully saturated rings. The standard InChI is InChI=1S/C26H27N3O3S/c1-3-18(2)19-11-14-22(15-12-19)32-17-25(31)28-29-26(33)27-24(30)16-13-21-9-6-8-20-7-4-5-10-23(20)21/h4-16,18H,3,17H2,1-2H3,(H,28,31)(H2,27,29,30,33). The number of hydrazine groups is 1. The van der Waals surface area contributed by atoms with Gasteiger partial charge in [-0.25, -0.2) is 0 Å². The number of carbonyl (C=O) groups is 2. The molecule has 1 unspecified atom stereocenters. The third kappa shape index (κ3) is 7.15. The number of benzene rings is 3. The summed E-state index contributed by atoms with van der Waals surface area (Å²) in [5.41, 5.74) is 7.05. The van der Waals surface area contributed by atoms with Gasteiger partial charge in [-0.15, -0.1) is 0 Å². The van der Waals surface area contributed by atoms with Gasteiger partial charge in [-0.3, -0.25) is 25.8 Å². The number of nitrogens with one attached hydrogen (secondary N) is 3. The van der Waals surface area contributed by atoms with Crippen LogP contribution in [0.4, 0.5) is 0 Å². The lowest BCUT2D eigenvalue weighted by Gasteiger charge is -2.12.